The fraction of sp³-hybridized carbons (Fsp3) is 0.259. The molecule has 0 aliphatic carbocycles. The highest BCUT2D eigenvalue weighted by atomic mass is 19.4. The molecule has 0 bridgehead atoms. The van der Waals surface area contributed by atoms with Gasteiger partial charge in [-0.15, -0.1) is 0 Å². The lowest BCUT2D eigenvalue weighted by atomic mass is 9.96. The SMILES string of the molecule is Cc1ccccc1C(=O)NC1CCN(C(=O)c2ccccc2-c2ccc(C(F)(F)F)cc2)CC1. The van der Waals surface area contributed by atoms with E-state index in [0.717, 1.165) is 17.7 Å². The zero-order valence-electron chi connectivity index (χ0n) is 18.7. The molecule has 1 N–H and O–H groups in total. The molecule has 4 nitrogen and oxygen atoms in total. The number of amides is 2. The number of nitrogens with zero attached hydrogens (tertiary/aromatic N) is 1. The number of hydrogen-bond acceptors (Lipinski definition) is 2. The van der Waals surface area contributed by atoms with Crippen LogP contribution in [0.25, 0.3) is 11.1 Å². The van der Waals surface area contributed by atoms with E-state index in [-0.39, 0.29) is 17.9 Å². The maximum absolute atomic E-state index is 13.3. The van der Waals surface area contributed by atoms with E-state index in [1.54, 1.807) is 35.2 Å². The normalized spacial score (nSPS) is 14.6. The molecule has 3 aromatic carbocycles. The van der Waals surface area contributed by atoms with Gasteiger partial charge in [-0.25, -0.2) is 0 Å². The van der Waals surface area contributed by atoms with Gasteiger partial charge in [0.1, 0.15) is 0 Å². The summed E-state index contributed by atoms with van der Waals surface area (Å²) in [5.41, 5.74) is 2.42. The summed E-state index contributed by atoms with van der Waals surface area (Å²) in [7, 11) is 0. The number of piperidine rings is 1. The van der Waals surface area contributed by atoms with Crippen molar-refractivity contribution in [2.75, 3.05) is 13.1 Å². The monoisotopic (exact) mass is 466 g/mol. The Balaban J connectivity index is 1.43. The maximum atomic E-state index is 13.3. The first kappa shape index (κ1) is 23.5. The van der Waals surface area contributed by atoms with Crippen LogP contribution in [0.5, 0.6) is 0 Å². The van der Waals surface area contributed by atoms with Crippen LogP contribution in [0.15, 0.2) is 72.8 Å². The first-order valence-electron chi connectivity index (χ1n) is 11.2. The molecule has 1 saturated heterocycles. The second-order valence-electron chi connectivity index (χ2n) is 8.48. The molecule has 34 heavy (non-hydrogen) atoms. The first-order chi connectivity index (χ1) is 16.2. The number of halogens is 3. The fourth-order valence-corrected chi connectivity index (χ4v) is 4.25. The van der Waals surface area contributed by atoms with Crippen LogP contribution in [-0.2, 0) is 6.18 Å². The molecular formula is C27H25F3N2O2. The van der Waals surface area contributed by atoms with Gasteiger partial charge in [0.15, 0.2) is 0 Å². The van der Waals surface area contributed by atoms with Gasteiger partial charge < -0.3 is 10.2 Å². The van der Waals surface area contributed by atoms with Gasteiger partial charge in [0, 0.05) is 30.3 Å². The fourth-order valence-electron chi connectivity index (χ4n) is 4.25. The van der Waals surface area contributed by atoms with Gasteiger partial charge in [-0.05, 0) is 60.7 Å². The molecule has 1 fully saturated rings. The Kier molecular flexibility index (Phi) is 6.72. The number of alkyl halides is 3. The van der Waals surface area contributed by atoms with E-state index in [2.05, 4.69) is 5.32 Å². The number of carbonyl (C=O) groups excluding carboxylic acids is 2. The zero-order chi connectivity index (χ0) is 24.3. The molecule has 0 saturated carbocycles. The Morgan fingerprint density at radius 2 is 1.44 bits per heavy atom. The highest BCUT2D eigenvalue weighted by Crippen LogP contribution is 2.32. The number of nitrogens with one attached hydrogen (secondary N) is 1. The lowest BCUT2D eigenvalue weighted by Crippen LogP contribution is -2.46. The molecule has 1 aliphatic rings. The van der Waals surface area contributed by atoms with E-state index in [4.69, 9.17) is 0 Å². The third kappa shape index (κ3) is 5.14. The Labute approximate surface area is 196 Å². The Morgan fingerprint density at radius 3 is 2.06 bits per heavy atom. The van der Waals surface area contributed by atoms with Crippen LogP contribution in [0, 0.1) is 6.92 Å². The van der Waals surface area contributed by atoms with E-state index < -0.39 is 11.7 Å². The van der Waals surface area contributed by atoms with Crippen molar-refractivity contribution in [3.05, 3.63) is 95.1 Å². The number of aryl methyl sites for hydroxylation is 1. The molecule has 3 aromatic rings. The smallest absolute Gasteiger partial charge is 0.349 e. The molecule has 4 rings (SSSR count). The summed E-state index contributed by atoms with van der Waals surface area (Å²) in [6.45, 7) is 2.86. The van der Waals surface area contributed by atoms with Gasteiger partial charge in [-0.1, -0.05) is 48.5 Å². The Bertz CT molecular complexity index is 1180. The second-order valence-corrected chi connectivity index (χ2v) is 8.48. The summed E-state index contributed by atoms with van der Waals surface area (Å²) in [5, 5.41) is 3.06. The van der Waals surface area contributed by atoms with Crippen molar-refractivity contribution >= 4 is 11.8 Å². The Hall–Kier alpha value is -3.61. The van der Waals surface area contributed by atoms with Crippen molar-refractivity contribution in [3.8, 4) is 11.1 Å². The van der Waals surface area contributed by atoms with E-state index in [1.807, 2.05) is 25.1 Å². The number of hydrogen-bond donors (Lipinski definition) is 1. The summed E-state index contributed by atoms with van der Waals surface area (Å²) in [6.07, 6.45) is -3.15. The Morgan fingerprint density at radius 1 is 0.853 bits per heavy atom. The minimum absolute atomic E-state index is 0.0266. The largest absolute Gasteiger partial charge is 0.416 e. The zero-order valence-corrected chi connectivity index (χ0v) is 18.7. The molecule has 7 heteroatoms. The molecule has 2 amide bonds. The summed E-state index contributed by atoms with van der Waals surface area (Å²) < 4.78 is 38.7. The van der Waals surface area contributed by atoms with Gasteiger partial charge in [0.25, 0.3) is 11.8 Å². The minimum Gasteiger partial charge on any atom is -0.349 e. The highest BCUT2D eigenvalue weighted by Gasteiger charge is 2.30. The quantitative estimate of drug-likeness (QED) is 0.535. The number of rotatable bonds is 4. The van der Waals surface area contributed by atoms with Gasteiger partial charge in [-0.3, -0.25) is 9.59 Å². The summed E-state index contributed by atoms with van der Waals surface area (Å²) in [4.78, 5) is 27.6. The van der Waals surface area contributed by atoms with Gasteiger partial charge in [0.05, 0.1) is 5.56 Å². The standard InChI is InChI=1S/C27H25F3N2O2/c1-18-6-2-3-7-22(18)25(33)31-21-14-16-32(17-15-21)26(34)24-9-5-4-8-23(24)19-10-12-20(13-11-19)27(28,29)30/h2-13,21H,14-17H2,1H3,(H,31,33). The summed E-state index contributed by atoms with van der Waals surface area (Å²) in [6, 6.07) is 19.2. The topological polar surface area (TPSA) is 49.4 Å². The van der Waals surface area contributed by atoms with Gasteiger partial charge in [-0.2, -0.15) is 13.2 Å². The van der Waals surface area contributed by atoms with Gasteiger partial charge in [0.2, 0.25) is 0 Å². The molecule has 0 unspecified atom stereocenters. The molecule has 1 heterocycles. The van der Waals surface area contributed by atoms with Gasteiger partial charge >= 0.3 is 6.18 Å². The molecule has 1 aliphatic heterocycles. The van der Waals surface area contributed by atoms with Crippen molar-refractivity contribution < 1.29 is 22.8 Å². The number of benzene rings is 3. The lowest BCUT2D eigenvalue weighted by molar-refractivity contribution is -0.137. The van der Waals surface area contributed by atoms with Crippen LogP contribution in [0.2, 0.25) is 0 Å². The lowest BCUT2D eigenvalue weighted by Gasteiger charge is -2.33. The summed E-state index contributed by atoms with van der Waals surface area (Å²) in [5.74, 6) is -0.283. The third-order valence-electron chi connectivity index (χ3n) is 6.19. The van der Waals surface area contributed by atoms with Crippen LogP contribution in [0.4, 0.5) is 13.2 Å². The van der Waals surface area contributed by atoms with Crippen LogP contribution in [0.3, 0.4) is 0 Å². The average Bonchev–Trinajstić information content (AvgIpc) is 2.84. The predicted molar refractivity (Wildman–Crippen MR) is 124 cm³/mol. The molecule has 176 valence electrons. The second kappa shape index (κ2) is 9.71. The highest BCUT2D eigenvalue weighted by molar-refractivity contribution is 6.01. The third-order valence-corrected chi connectivity index (χ3v) is 6.19. The average molecular weight is 467 g/mol. The predicted octanol–water partition coefficient (Wildman–Crippen LogP) is 5.72. The minimum atomic E-state index is -4.41. The van der Waals surface area contributed by atoms with Crippen LogP contribution in [-0.4, -0.2) is 35.8 Å². The first-order valence-corrected chi connectivity index (χ1v) is 11.2. The van der Waals surface area contributed by atoms with Crippen molar-refractivity contribution in [3.63, 3.8) is 0 Å². The van der Waals surface area contributed by atoms with Crippen LogP contribution in [0.1, 0.15) is 44.7 Å². The van der Waals surface area contributed by atoms with Crippen molar-refractivity contribution in [2.45, 2.75) is 32.0 Å². The molecule has 0 spiro atoms. The molecule has 0 aromatic heterocycles. The van der Waals surface area contributed by atoms with Crippen molar-refractivity contribution in [1.29, 1.82) is 0 Å². The van der Waals surface area contributed by atoms with Crippen molar-refractivity contribution in [2.24, 2.45) is 0 Å². The van der Waals surface area contributed by atoms with E-state index in [0.29, 0.717) is 48.2 Å². The number of carbonyl (C=O) groups is 2. The summed E-state index contributed by atoms with van der Waals surface area (Å²) >= 11 is 0. The van der Waals surface area contributed by atoms with E-state index in [1.165, 1.54) is 12.1 Å². The van der Waals surface area contributed by atoms with Crippen LogP contribution >= 0.6 is 0 Å². The van der Waals surface area contributed by atoms with E-state index >= 15 is 0 Å². The van der Waals surface area contributed by atoms with Crippen LogP contribution < -0.4 is 5.32 Å². The molecular weight excluding hydrogens is 441 g/mol. The molecule has 0 radical (unpaired) electrons. The van der Waals surface area contributed by atoms with Crippen molar-refractivity contribution in [1.82, 2.24) is 10.2 Å². The maximum Gasteiger partial charge on any atom is 0.416 e. The molecule has 0 atom stereocenters. The number of likely N-dealkylation sites (tertiary alicyclic amines) is 1. The van der Waals surface area contributed by atoms with E-state index in [9.17, 15) is 22.8 Å².